The van der Waals surface area contributed by atoms with Crippen LogP contribution < -0.4 is 10.0 Å². The van der Waals surface area contributed by atoms with E-state index in [-0.39, 0.29) is 22.8 Å². The molecule has 0 aliphatic heterocycles. The highest BCUT2D eigenvalue weighted by Crippen LogP contribution is 2.21. The summed E-state index contributed by atoms with van der Waals surface area (Å²) in [4.78, 5) is 12.4. The summed E-state index contributed by atoms with van der Waals surface area (Å²) in [6.07, 6.45) is 1.84. The molecular weight excluding hydrogens is 380 g/mol. The minimum absolute atomic E-state index is 0.0405. The van der Waals surface area contributed by atoms with E-state index in [9.17, 15) is 13.2 Å². The van der Waals surface area contributed by atoms with Gasteiger partial charge in [-0.2, -0.15) is 0 Å². The fraction of sp³-hybridized carbons (Fsp3) is 0.562. The Kier molecular flexibility index (Phi) is 7.70. The topological polar surface area (TPSA) is 75.3 Å². The summed E-state index contributed by atoms with van der Waals surface area (Å²) >= 11 is 3.31. The van der Waals surface area contributed by atoms with E-state index in [0.29, 0.717) is 16.6 Å². The third kappa shape index (κ3) is 6.24. The van der Waals surface area contributed by atoms with Crippen LogP contribution in [0, 0.1) is 5.92 Å². The van der Waals surface area contributed by atoms with Gasteiger partial charge in [0.2, 0.25) is 10.0 Å². The van der Waals surface area contributed by atoms with Crippen molar-refractivity contribution in [3.05, 3.63) is 28.2 Å². The number of sulfonamides is 1. The molecule has 1 amide bonds. The lowest BCUT2D eigenvalue weighted by Gasteiger charge is -2.15. The van der Waals surface area contributed by atoms with Gasteiger partial charge in [0.05, 0.1) is 10.5 Å². The van der Waals surface area contributed by atoms with Gasteiger partial charge in [-0.15, -0.1) is 0 Å². The molecule has 23 heavy (non-hydrogen) atoms. The van der Waals surface area contributed by atoms with Crippen LogP contribution >= 0.6 is 15.9 Å². The molecule has 130 valence electrons. The van der Waals surface area contributed by atoms with E-state index in [4.69, 9.17) is 0 Å². The number of benzene rings is 1. The van der Waals surface area contributed by atoms with Gasteiger partial charge in [0.15, 0.2) is 0 Å². The van der Waals surface area contributed by atoms with Crippen molar-refractivity contribution in [3.63, 3.8) is 0 Å². The number of hydrogen-bond donors (Lipinski definition) is 2. The Morgan fingerprint density at radius 3 is 2.48 bits per heavy atom. The van der Waals surface area contributed by atoms with Crippen LogP contribution in [0.2, 0.25) is 0 Å². The molecule has 5 nitrogen and oxygen atoms in total. The molecular formula is C16H25BrN2O3S. The van der Waals surface area contributed by atoms with Gasteiger partial charge < -0.3 is 5.32 Å². The maximum atomic E-state index is 12.3. The molecule has 1 aromatic rings. The van der Waals surface area contributed by atoms with Crippen molar-refractivity contribution < 1.29 is 13.2 Å². The monoisotopic (exact) mass is 404 g/mol. The van der Waals surface area contributed by atoms with Crippen LogP contribution in [0.15, 0.2) is 27.6 Å². The maximum Gasteiger partial charge on any atom is 0.252 e. The molecule has 7 heteroatoms. The summed E-state index contributed by atoms with van der Waals surface area (Å²) in [5.41, 5.74) is 0.320. The Bertz CT molecular complexity index is 645. The molecule has 0 aromatic heterocycles. The van der Waals surface area contributed by atoms with E-state index >= 15 is 0 Å². The standard InChI is InChI=1S/C16H25BrN2O3S/c1-5-6-12(4)19-16(20)14-9-13(7-8-15(14)17)23(21,22)18-10-11(2)3/h7-9,11-12,18H,5-6,10H2,1-4H3,(H,19,20). The summed E-state index contributed by atoms with van der Waals surface area (Å²) < 4.78 is 27.7. The molecule has 0 radical (unpaired) electrons. The molecule has 1 unspecified atom stereocenters. The number of nitrogens with one attached hydrogen (secondary N) is 2. The molecule has 0 bridgehead atoms. The van der Waals surface area contributed by atoms with E-state index in [0.717, 1.165) is 12.8 Å². The van der Waals surface area contributed by atoms with Crippen molar-refractivity contribution in [1.29, 1.82) is 0 Å². The molecule has 0 spiro atoms. The summed E-state index contributed by atoms with van der Waals surface area (Å²) in [5.74, 6) is -0.0726. The molecule has 0 saturated heterocycles. The van der Waals surface area contributed by atoms with Crippen molar-refractivity contribution in [1.82, 2.24) is 10.0 Å². The number of halogens is 1. The Balaban J connectivity index is 3.01. The summed E-state index contributed by atoms with van der Waals surface area (Å²) in [7, 11) is -3.62. The molecule has 0 heterocycles. The van der Waals surface area contributed by atoms with Gasteiger partial charge in [-0.3, -0.25) is 4.79 Å². The molecule has 1 atom stereocenters. The lowest BCUT2D eigenvalue weighted by Crippen LogP contribution is -2.33. The third-order valence-corrected chi connectivity index (χ3v) is 5.39. The van der Waals surface area contributed by atoms with Crippen molar-refractivity contribution in [3.8, 4) is 0 Å². The first-order valence-electron chi connectivity index (χ1n) is 7.77. The second-order valence-electron chi connectivity index (χ2n) is 6.05. The normalized spacial score (nSPS) is 13.1. The van der Waals surface area contributed by atoms with Gasteiger partial charge >= 0.3 is 0 Å². The second kappa shape index (κ2) is 8.80. The molecule has 2 N–H and O–H groups in total. The number of rotatable bonds is 8. The SMILES string of the molecule is CCCC(C)NC(=O)c1cc(S(=O)(=O)NCC(C)C)ccc1Br. The molecule has 0 saturated carbocycles. The Labute approximate surface area is 147 Å². The zero-order chi connectivity index (χ0) is 17.6. The zero-order valence-electron chi connectivity index (χ0n) is 14.0. The van der Waals surface area contributed by atoms with Crippen molar-refractivity contribution in [2.75, 3.05) is 6.54 Å². The van der Waals surface area contributed by atoms with Crippen molar-refractivity contribution >= 4 is 31.9 Å². The van der Waals surface area contributed by atoms with E-state index in [1.54, 1.807) is 6.07 Å². The summed E-state index contributed by atoms with van der Waals surface area (Å²) in [6, 6.07) is 4.52. The van der Waals surface area contributed by atoms with Crippen LogP contribution in [-0.4, -0.2) is 26.9 Å². The molecule has 1 aromatic carbocycles. The second-order valence-corrected chi connectivity index (χ2v) is 8.67. The fourth-order valence-electron chi connectivity index (χ4n) is 2.01. The van der Waals surface area contributed by atoms with E-state index in [1.165, 1.54) is 12.1 Å². The van der Waals surface area contributed by atoms with Gasteiger partial charge in [-0.05, 0) is 53.4 Å². The lowest BCUT2D eigenvalue weighted by molar-refractivity contribution is 0.0937. The van der Waals surface area contributed by atoms with E-state index in [1.807, 2.05) is 27.7 Å². The smallest absolute Gasteiger partial charge is 0.252 e. The highest BCUT2D eigenvalue weighted by Gasteiger charge is 2.19. The summed E-state index contributed by atoms with van der Waals surface area (Å²) in [6.45, 7) is 8.19. The predicted molar refractivity (Wildman–Crippen MR) is 96.0 cm³/mol. The average Bonchev–Trinajstić information content (AvgIpc) is 2.45. The van der Waals surface area contributed by atoms with Crippen LogP contribution in [0.1, 0.15) is 50.9 Å². The number of hydrogen-bond acceptors (Lipinski definition) is 3. The molecule has 0 aliphatic carbocycles. The van der Waals surface area contributed by atoms with E-state index in [2.05, 4.69) is 26.0 Å². The Hall–Kier alpha value is -0.920. The minimum atomic E-state index is -3.62. The third-order valence-electron chi connectivity index (χ3n) is 3.27. The Morgan fingerprint density at radius 2 is 1.91 bits per heavy atom. The van der Waals surface area contributed by atoms with Crippen molar-refractivity contribution in [2.24, 2.45) is 5.92 Å². The van der Waals surface area contributed by atoms with Gasteiger partial charge in [-0.1, -0.05) is 27.2 Å². The zero-order valence-corrected chi connectivity index (χ0v) is 16.4. The van der Waals surface area contributed by atoms with Crippen LogP contribution in [0.3, 0.4) is 0 Å². The van der Waals surface area contributed by atoms with Crippen molar-refractivity contribution in [2.45, 2.75) is 51.5 Å². The van der Waals surface area contributed by atoms with Crippen LogP contribution in [0.4, 0.5) is 0 Å². The van der Waals surface area contributed by atoms with Gasteiger partial charge in [0.1, 0.15) is 0 Å². The average molecular weight is 405 g/mol. The lowest BCUT2D eigenvalue weighted by atomic mass is 10.1. The minimum Gasteiger partial charge on any atom is -0.350 e. The fourth-order valence-corrected chi connectivity index (χ4v) is 3.68. The summed E-state index contributed by atoms with van der Waals surface area (Å²) in [5, 5.41) is 2.88. The molecule has 0 fully saturated rings. The molecule has 0 aliphatic rings. The molecule has 1 rings (SSSR count). The van der Waals surface area contributed by atoms with Crippen LogP contribution in [0.25, 0.3) is 0 Å². The first-order valence-corrected chi connectivity index (χ1v) is 10.0. The number of carbonyl (C=O) groups excluding carboxylic acids is 1. The largest absolute Gasteiger partial charge is 0.350 e. The van der Waals surface area contributed by atoms with Gasteiger partial charge in [-0.25, -0.2) is 13.1 Å². The first kappa shape index (κ1) is 20.1. The quantitative estimate of drug-likeness (QED) is 0.697. The van der Waals surface area contributed by atoms with E-state index < -0.39 is 10.0 Å². The van der Waals surface area contributed by atoms with Crippen LogP contribution in [0.5, 0.6) is 0 Å². The highest BCUT2D eigenvalue weighted by atomic mass is 79.9. The maximum absolute atomic E-state index is 12.3. The number of amides is 1. The number of carbonyl (C=O) groups is 1. The van der Waals surface area contributed by atoms with Gasteiger partial charge in [0, 0.05) is 17.1 Å². The van der Waals surface area contributed by atoms with Gasteiger partial charge in [0.25, 0.3) is 5.91 Å². The van der Waals surface area contributed by atoms with Crippen LogP contribution in [-0.2, 0) is 10.0 Å². The first-order chi connectivity index (χ1) is 10.7. The highest BCUT2D eigenvalue weighted by molar-refractivity contribution is 9.10. The predicted octanol–water partition coefficient (Wildman–Crippen LogP) is 3.30. The Morgan fingerprint density at radius 1 is 1.26 bits per heavy atom.